The van der Waals surface area contributed by atoms with Crippen LogP contribution >= 0.6 is 0 Å². The molecule has 1 aromatic heterocycles. The highest BCUT2D eigenvalue weighted by atomic mass is 19.4. The molecule has 0 bridgehead atoms. The van der Waals surface area contributed by atoms with Crippen molar-refractivity contribution >= 4 is 16.9 Å². The monoisotopic (exact) mass is 341 g/mol. The summed E-state index contributed by atoms with van der Waals surface area (Å²) in [6.45, 7) is -0.521. The molecule has 0 aliphatic heterocycles. The van der Waals surface area contributed by atoms with Crippen molar-refractivity contribution in [3.8, 4) is 0 Å². The molecule has 3 rings (SSSR count). The van der Waals surface area contributed by atoms with Crippen molar-refractivity contribution in [2.45, 2.75) is 38.0 Å². The number of rotatable bonds is 6. The van der Waals surface area contributed by atoms with Crippen molar-refractivity contribution in [1.29, 1.82) is 0 Å². The lowest BCUT2D eigenvalue weighted by Gasteiger charge is -2.18. The normalized spacial score (nSPS) is 16.3. The van der Waals surface area contributed by atoms with Crippen molar-refractivity contribution in [2.24, 2.45) is 5.92 Å². The second-order valence-electron chi connectivity index (χ2n) is 6.03. The van der Waals surface area contributed by atoms with Crippen molar-refractivity contribution in [1.82, 2.24) is 14.9 Å². The number of aliphatic hydroxyl groups excluding tert-OH is 1. The molecule has 1 aliphatic carbocycles. The summed E-state index contributed by atoms with van der Waals surface area (Å²) in [5, 5.41) is 11.8. The second kappa shape index (κ2) is 6.43. The first-order chi connectivity index (χ1) is 11.4. The van der Waals surface area contributed by atoms with Crippen molar-refractivity contribution in [3.63, 3.8) is 0 Å². The summed E-state index contributed by atoms with van der Waals surface area (Å²) in [6.07, 6.45) is -2.30. The summed E-state index contributed by atoms with van der Waals surface area (Å²) in [6, 6.07) is 6.02. The van der Waals surface area contributed by atoms with E-state index in [1.54, 1.807) is 12.1 Å². The number of halogens is 3. The van der Waals surface area contributed by atoms with Gasteiger partial charge < -0.3 is 15.0 Å². The maximum atomic E-state index is 13.2. The first-order valence-electron chi connectivity index (χ1n) is 7.83. The van der Waals surface area contributed by atoms with Gasteiger partial charge in [0.05, 0.1) is 11.0 Å². The molecular formula is C16H18F3N3O2. The van der Waals surface area contributed by atoms with Gasteiger partial charge in [0, 0.05) is 12.6 Å². The van der Waals surface area contributed by atoms with Crippen LogP contribution in [-0.2, 0) is 17.5 Å². The quantitative estimate of drug-likeness (QED) is 0.847. The zero-order chi connectivity index (χ0) is 17.3. The van der Waals surface area contributed by atoms with Crippen LogP contribution in [0, 0.1) is 5.92 Å². The van der Waals surface area contributed by atoms with Crippen LogP contribution in [0.15, 0.2) is 24.3 Å². The van der Waals surface area contributed by atoms with E-state index >= 15 is 0 Å². The Balaban J connectivity index is 1.84. The molecule has 1 saturated carbocycles. The van der Waals surface area contributed by atoms with Crippen LogP contribution in [0.5, 0.6) is 0 Å². The first kappa shape index (κ1) is 16.8. The molecule has 24 heavy (non-hydrogen) atoms. The van der Waals surface area contributed by atoms with Gasteiger partial charge in [-0.2, -0.15) is 13.2 Å². The number of imidazole rings is 1. The number of alkyl halides is 3. The van der Waals surface area contributed by atoms with Gasteiger partial charge in [-0.3, -0.25) is 4.79 Å². The summed E-state index contributed by atoms with van der Waals surface area (Å²) in [5.41, 5.74) is 0.469. The molecule has 130 valence electrons. The van der Waals surface area contributed by atoms with Gasteiger partial charge in [0.1, 0.15) is 6.54 Å². The molecule has 2 N–H and O–H groups in total. The van der Waals surface area contributed by atoms with E-state index in [9.17, 15) is 18.0 Å². The molecule has 1 unspecified atom stereocenters. The molecule has 0 radical (unpaired) electrons. The standard InChI is InChI=1S/C16H18F3N3O2/c17-16(18,19)15-21-12-3-1-2-4-13(12)22(15)9-14(24)20-11(7-8-23)10-5-6-10/h1-4,10-11,23H,5-9H2,(H,20,24). The zero-order valence-corrected chi connectivity index (χ0v) is 12.9. The van der Waals surface area contributed by atoms with Crippen LogP contribution in [0.4, 0.5) is 13.2 Å². The number of aromatic nitrogens is 2. The van der Waals surface area contributed by atoms with Crippen molar-refractivity contribution in [3.05, 3.63) is 30.1 Å². The Kier molecular flexibility index (Phi) is 4.49. The third kappa shape index (κ3) is 3.53. The molecule has 0 spiro atoms. The van der Waals surface area contributed by atoms with Crippen LogP contribution in [0.3, 0.4) is 0 Å². The van der Waals surface area contributed by atoms with Gasteiger partial charge in [0.2, 0.25) is 11.7 Å². The van der Waals surface area contributed by atoms with E-state index in [0.29, 0.717) is 12.3 Å². The highest BCUT2D eigenvalue weighted by molar-refractivity contribution is 5.81. The highest BCUT2D eigenvalue weighted by Crippen LogP contribution is 2.34. The van der Waals surface area contributed by atoms with Crippen LogP contribution in [0.2, 0.25) is 0 Å². The van der Waals surface area contributed by atoms with Gasteiger partial charge in [-0.15, -0.1) is 0 Å². The largest absolute Gasteiger partial charge is 0.449 e. The fourth-order valence-corrected chi connectivity index (χ4v) is 2.91. The molecule has 1 atom stereocenters. The molecule has 1 aliphatic rings. The maximum Gasteiger partial charge on any atom is 0.449 e. The van der Waals surface area contributed by atoms with Gasteiger partial charge in [-0.05, 0) is 37.3 Å². The Morgan fingerprint density at radius 1 is 1.38 bits per heavy atom. The van der Waals surface area contributed by atoms with E-state index in [1.165, 1.54) is 12.1 Å². The van der Waals surface area contributed by atoms with Gasteiger partial charge in [-0.25, -0.2) is 4.98 Å². The van der Waals surface area contributed by atoms with Gasteiger partial charge in [-0.1, -0.05) is 12.1 Å². The molecule has 0 saturated heterocycles. The Morgan fingerprint density at radius 2 is 2.08 bits per heavy atom. The predicted octanol–water partition coefficient (Wildman–Crippen LogP) is 2.33. The molecule has 1 fully saturated rings. The highest BCUT2D eigenvalue weighted by Gasteiger charge is 2.38. The van der Waals surface area contributed by atoms with E-state index in [2.05, 4.69) is 10.3 Å². The van der Waals surface area contributed by atoms with Gasteiger partial charge in [0.15, 0.2) is 0 Å². The maximum absolute atomic E-state index is 13.2. The minimum Gasteiger partial charge on any atom is -0.396 e. The van der Waals surface area contributed by atoms with Crippen LogP contribution < -0.4 is 5.32 Å². The summed E-state index contributed by atoms with van der Waals surface area (Å²) in [5.74, 6) is -1.28. The lowest BCUT2D eigenvalue weighted by atomic mass is 10.1. The summed E-state index contributed by atoms with van der Waals surface area (Å²) in [4.78, 5) is 15.9. The van der Waals surface area contributed by atoms with E-state index in [0.717, 1.165) is 17.4 Å². The van der Waals surface area contributed by atoms with E-state index in [1.807, 2.05) is 0 Å². The Bertz CT molecular complexity index is 738. The minimum atomic E-state index is -4.64. The number of hydrogen-bond acceptors (Lipinski definition) is 3. The molecular weight excluding hydrogens is 323 g/mol. The second-order valence-corrected chi connectivity index (χ2v) is 6.03. The third-order valence-corrected chi connectivity index (χ3v) is 4.19. The van der Waals surface area contributed by atoms with Crippen molar-refractivity contribution in [2.75, 3.05) is 6.61 Å². The summed E-state index contributed by atoms with van der Waals surface area (Å²) in [7, 11) is 0. The Hall–Kier alpha value is -2.09. The number of fused-ring (bicyclic) bond motifs is 1. The average Bonchev–Trinajstić information content (AvgIpc) is 3.29. The average molecular weight is 341 g/mol. The number of nitrogens with zero attached hydrogens (tertiary/aromatic N) is 2. The third-order valence-electron chi connectivity index (χ3n) is 4.19. The number of nitrogens with one attached hydrogen (secondary N) is 1. The van der Waals surface area contributed by atoms with Crippen molar-refractivity contribution < 1.29 is 23.1 Å². The number of carbonyl (C=O) groups is 1. The number of hydrogen-bond donors (Lipinski definition) is 2. The fraction of sp³-hybridized carbons (Fsp3) is 0.500. The molecule has 1 amide bonds. The number of para-hydroxylation sites is 2. The number of benzene rings is 1. The van der Waals surface area contributed by atoms with Crippen LogP contribution in [0.1, 0.15) is 25.1 Å². The van der Waals surface area contributed by atoms with Gasteiger partial charge in [0.25, 0.3) is 0 Å². The Morgan fingerprint density at radius 3 is 2.71 bits per heavy atom. The predicted molar refractivity (Wildman–Crippen MR) is 81.1 cm³/mol. The Labute approximate surface area is 136 Å². The molecule has 8 heteroatoms. The molecule has 5 nitrogen and oxygen atoms in total. The number of carbonyl (C=O) groups excluding carboxylic acids is 1. The number of aliphatic hydroxyl groups is 1. The minimum absolute atomic E-state index is 0.0662. The van der Waals surface area contributed by atoms with E-state index < -0.39 is 24.5 Å². The van der Waals surface area contributed by atoms with Crippen LogP contribution in [-0.4, -0.2) is 33.2 Å². The summed E-state index contributed by atoms with van der Waals surface area (Å²) < 4.78 is 40.5. The lowest BCUT2D eigenvalue weighted by Crippen LogP contribution is -2.39. The lowest BCUT2D eigenvalue weighted by molar-refractivity contribution is -0.147. The smallest absolute Gasteiger partial charge is 0.396 e. The topological polar surface area (TPSA) is 67.2 Å². The fourth-order valence-electron chi connectivity index (χ4n) is 2.91. The zero-order valence-electron chi connectivity index (χ0n) is 12.9. The molecule has 1 heterocycles. The van der Waals surface area contributed by atoms with Crippen LogP contribution in [0.25, 0.3) is 11.0 Å². The van der Waals surface area contributed by atoms with Gasteiger partial charge >= 0.3 is 6.18 Å². The number of amides is 1. The first-order valence-corrected chi connectivity index (χ1v) is 7.83. The molecule has 2 aromatic rings. The molecule has 1 aromatic carbocycles. The summed E-state index contributed by atoms with van der Waals surface area (Å²) >= 11 is 0. The SMILES string of the molecule is O=C(Cn1c(C(F)(F)F)nc2ccccc21)NC(CCO)C1CC1. The van der Waals surface area contributed by atoms with E-state index in [4.69, 9.17) is 5.11 Å². The van der Waals surface area contributed by atoms with E-state index in [-0.39, 0.29) is 23.7 Å².